The summed E-state index contributed by atoms with van der Waals surface area (Å²) in [5, 5.41) is 0. The van der Waals surface area contributed by atoms with E-state index in [0.29, 0.717) is 18.1 Å². The number of hydrogen-bond donors (Lipinski definition) is 0. The third-order valence-corrected chi connectivity index (χ3v) is 4.99. The molecule has 3 nitrogen and oxygen atoms in total. The maximum atomic E-state index is 11.5. The first-order valence-electron chi connectivity index (χ1n) is 9.22. The summed E-state index contributed by atoms with van der Waals surface area (Å²) >= 11 is 0. The van der Waals surface area contributed by atoms with Crippen LogP contribution in [0.15, 0.2) is 34.9 Å². The zero-order valence-electron chi connectivity index (χ0n) is 15.8. The van der Waals surface area contributed by atoms with Gasteiger partial charge in [-0.05, 0) is 51.0 Å². The van der Waals surface area contributed by atoms with E-state index in [-0.39, 0.29) is 12.1 Å². The molecule has 0 aromatic heterocycles. The maximum absolute atomic E-state index is 11.5. The van der Waals surface area contributed by atoms with E-state index in [1.54, 1.807) is 0 Å². The molecule has 0 aromatic carbocycles. The number of esters is 1. The molecule has 0 spiro atoms. The van der Waals surface area contributed by atoms with Gasteiger partial charge in [0.1, 0.15) is 6.10 Å². The van der Waals surface area contributed by atoms with Crippen LogP contribution in [0.1, 0.15) is 66.7 Å². The van der Waals surface area contributed by atoms with E-state index >= 15 is 0 Å². The third-order valence-electron chi connectivity index (χ3n) is 4.99. The number of rotatable bonds is 2. The van der Waals surface area contributed by atoms with Crippen LogP contribution in [0.25, 0.3) is 0 Å². The van der Waals surface area contributed by atoms with Crippen molar-refractivity contribution in [3.63, 3.8) is 0 Å². The zero-order chi connectivity index (χ0) is 17.7. The van der Waals surface area contributed by atoms with Crippen LogP contribution in [-0.2, 0) is 14.3 Å². The van der Waals surface area contributed by atoms with Crippen LogP contribution < -0.4 is 0 Å². The molecule has 0 radical (unpaired) electrons. The molecule has 1 saturated heterocycles. The van der Waals surface area contributed by atoms with Gasteiger partial charge in [0.25, 0.3) is 0 Å². The van der Waals surface area contributed by atoms with Crippen LogP contribution in [0, 0.1) is 5.92 Å². The van der Waals surface area contributed by atoms with Crippen molar-refractivity contribution in [1.29, 1.82) is 0 Å². The molecule has 3 atom stereocenters. The van der Waals surface area contributed by atoms with Gasteiger partial charge in [0.15, 0.2) is 0 Å². The normalized spacial score (nSPS) is 33.2. The van der Waals surface area contributed by atoms with Gasteiger partial charge >= 0.3 is 5.97 Å². The summed E-state index contributed by atoms with van der Waals surface area (Å²) in [4.78, 5) is 11.5. The first-order chi connectivity index (χ1) is 11.4. The summed E-state index contributed by atoms with van der Waals surface area (Å²) in [6.07, 6.45) is 12.4. The molecule has 134 valence electrons. The smallest absolute Gasteiger partial charge is 0.303 e. The highest BCUT2D eigenvalue weighted by molar-refractivity contribution is 5.66. The molecule has 24 heavy (non-hydrogen) atoms. The van der Waals surface area contributed by atoms with E-state index in [2.05, 4.69) is 45.9 Å². The lowest BCUT2D eigenvalue weighted by molar-refractivity contribution is -0.144. The second-order valence-corrected chi connectivity index (χ2v) is 7.49. The van der Waals surface area contributed by atoms with Crippen molar-refractivity contribution in [3.05, 3.63) is 34.9 Å². The largest absolute Gasteiger partial charge is 0.458 e. The average Bonchev–Trinajstić information content (AvgIpc) is 3.25. The molecule has 1 aliphatic heterocycles. The summed E-state index contributed by atoms with van der Waals surface area (Å²) in [6.45, 7) is 10.1. The number of allylic oxidation sites excluding steroid dienone is 4. The lowest BCUT2D eigenvalue weighted by Gasteiger charge is -2.22. The van der Waals surface area contributed by atoms with E-state index in [9.17, 15) is 4.79 Å². The molecule has 2 aliphatic rings. The molecule has 1 fully saturated rings. The predicted octanol–water partition coefficient (Wildman–Crippen LogP) is 5.12. The van der Waals surface area contributed by atoms with Gasteiger partial charge in [-0.2, -0.15) is 0 Å². The highest BCUT2D eigenvalue weighted by Gasteiger charge is 2.37. The molecule has 0 bridgehead atoms. The van der Waals surface area contributed by atoms with Gasteiger partial charge in [0, 0.05) is 13.3 Å². The Morgan fingerprint density at radius 1 is 1.21 bits per heavy atom. The predicted molar refractivity (Wildman–Crippen MR) is 97.7 cm³/mol. The van der Waals surface area contributed by atoms with Gasteiger partial charge < -0.3 is 9.47 Å². The quantitative estimate of drug-likeness (QED) is 0.400. The average molecular weight is 332 g/mol. The molecular formula is C21H32O3. The molecular weight excluding hydrogens is 300 g/mol. The van der Waals surface area contributed by atoms with Crippen LogP contribution in [0.2, 0.25) is 0 Å². The van der Waals surface area contributed by atoms with Gasteiger partial charge in [-0.3, -0.25) is 4.79 Å². The summed E-state index contributed by atoms with van der Waals surface area (Å²) < 4.78 is 11.4. The molecule has 0 unspecified atom stereocenters. The third kappa shape index (κ3) is 5.94. The van der Waals surface area contributed by atoms with Crippen molar-refractivity contribution < 1.29 is 14.3 Å². The number of fused-ring (bicyclic) bond motifs is 1. The maximum Gasteiger partial charge on any atom is 0.303 e. The first-order valence-corrected chi connectivity index (χ1v) is 9.22. The number of carbonyl (C=O) groups excluding carboxylic acids is 1. The van der Waals surface area contributed by atoms with Crippen molar-refractivity contribution in [2.45, 2.75) is 85.0 Å². The van der Waals surface area contributed by atoms with Crippen molar-refractivity contribution >= 4 is 5.97 Å². The molecule has 0 amide bonds. The van der Waals surface area contributed by atoms with Crippen LogP contribution >= 0.6 is 0 Å². The SMILES string of the molecule is CC(=O)O[C@@H]1C/C(C(C)C)=C\C=C(\C)CC[C@H]2O[C@@H]2CCC=C1C. The fourth-order valence-electron chi connectivity index (χ4n) is 3.20. The summed E-state index contributed by atoms with van der Waals surface area (Å²) in [7, 11) is 0. The number of ether oxygens (including phenoxy) is 2. The highest BCUT2D eigenvalue weighted by Crippen LogP contribution is 2.32. The Hall–Kier alpha value is -1.35. The van der Waals surface area contributed by atoms with Crippen LogP contribution in [0.3, 0.4) is 0 Å². The minimum absolute atomic E-state index is 0.163. The Balaban J connectivity index is 2.23. The van der Waals surface area contributed by atoms with Crippen molar-refractivity contribution in [3.8, 4) is 0 Å². The summed E-state index contributed by atoms with van der Waals surface area (Å²) in [5.41, 5.74) is 3.86. The van der Waals surface area contributed by atoms with E-state index in [1.807, 2.05) is 0 Å². The number of hydrogen-bond acceptors (Lipinski definition) is 3. The van der Waals surface area contributed by atoms with E-state index in [4.69, 9.17) is 9.47 Å². The van der Waals surface area contributed by atoms with Crippen molar-refractivity contribution in [2.24, 2.45) is 5.92 Å². The molecule has 1 aliphatic carbocycles. The van der Waals surface area contributed by atoms with Crippen molar-refractivity contribution in [2.75, 3.05) is 0 Å². The standard InChI is InChI=1S/C21H32O3/c1-14(2)18-11-9-15(3)10-12-20-19(24-20)8-6-7-16(4)21(13-18)23-17(5)22/h7,9,11,14,19-21H,6,8,10,12-13H2,1-5H3/b15-9-,16-7?,18-11+/t19-,20-,21-/m1/s1. The Morgan fingerprint density at radius 2 is 1.92 bits per heavy atom. The van der Waals surface area contributed by atoms with Crippen molar-refractivity contribution in [1.82, 2.24) is 0 Å². The van der Waals surface area contributed by atoms with Crippen LogP contribution in [0.4, 0.5) is 0 Å². The summed E-state index contributed by atoms with van der Waals surface area (Å²) in [6, 6.07) is 0. The lowest BCUT2D eigenvalue weighted by atomic mass is 9.92. The monoisotopic (exact) mass is 332 g/mol. The van der Waals surface area contributed by atoms with E-state index < -0.39 is 0 Å². The Morgan fingerprint density at radius 3 is 2.58 bits per heavy atom. The van der Waals surface area contributed by atoms with E-state index in [0.717, 1.165) is 37.7 Å². The minimum Gasteiger partial charge on any atom is -0.458 e. The Labute approximate surface area is 146 Å². The molecule has 0 N–H and O–H groups in total. The van der Waals surface area contributed by atoms with Gasteiger partial charge in [0.05, 0.1) is 12.2 Å². The minimum atomic E-state index is -0.214. The van der Waals surface area contributed by atoms with Crippen LogP contribution in [0.5, 0.6) is 0 Å². The zero-order valence-corrected chi connectivity index (χ0v) is 15.8. The first kappa shape index (κ1) is 19.0. The number of carbonyl (C=O) groups is 1. The molecule has 1 heterocycles. The van der Waals surface area contributed by atoms with Gasteiger partial charge in [0.2, 0.25) is 0 Å². The van der Waals surface area contributed by atoms with Gasteiger partial charge in [-0.25, -0.2) is 0 Å². The molecule has 0 saturated carbocycles. The van der Waals surface area contributed by atoms with Gasteiger partial charge in [-0.15, -0.1) is 0 Å². The topological polar surface area (TPSA) is 38.8 Å². The second kappa shape index (κ2) is 8.66. The molecule has 3 heteroatoms. The van der Waals surface area contributed by atoms with Gasteiger partial charge in [-0.1, -0.05) is 43.2 Å². The lowest BCUT2D eigenvalue weighted by Crippen LogP contribution is -2.20. The highest BCUT2D eigenvalue weighted by atomic mass is 16.6. The Bertz CT molecular complexity index is 539. The second-order valence-electron chi connectivity index (χ2n) is 7.49. The Kier molecular flexibility index (Phi) is 6.85. The molecule has 0 aromatic rings. The summed E-state index contributed by atoms with van der Waals surface area (Å²) in [5.74, 6) is 0.221. The van der Waals surface area contributed by atoms with E-state index in [1.165, 1.54) is 18.1 Å². The molecule has 2 rings (SSSR count). The number of epoxide rings is 1. The fraction of sp³-hybridized carbons (Fsp3) is 0.667. The fourth-order valence-corrected chi connectivity index (χ4v) is 3.20. The van der Waals surface area contributed by atoms with Crippen LogP contribution in [-0.4, -0.2) is 24.3 Å².